The Kier molecular flexibility index (Phi) is 13.2. The van der Waals surface area contributed by atoms with Crippen molar-refractivity contribution in [3.63, 3.8) is 0 Å². The van der Waals surface area contributed by atoms with Crippen LogP contribution in [0.4, 0.5) is 0 Å². The lowest BCUT2D eigenvalue weighted by molar-refractivity contribution is -0.168. The Hall–Kier alpha value is -2.62. The van der Waals surface area contributed by atoms with E-state index in [2.05, 4.69) is 6.92 Å². The number of hydrogen-bond acceptors (Lipinski definition) is 4. The summed E-state index contributed by atoms with van der Waals surface area (Å²) in [5, 5.41) is 0. The molecule has 0 fully saturated rings. The van der Waals surface area contributed by atoms with E-state index in [0.717, 1.165) is 24.0 Å². The third-order valence-corrected chi connectivity index (χ3v) is 6.89. The Bertz CT molecular complexity index is 853. The topological polar surface area (TPSA) is 52.6 Å². The van der Waals surface area contributed by atoms with Crippen LogP contribution in [0.15, 0.2) is 54.6 Å². The van der Waals surface area contributed by atoms with Gasteiger partial charge in [0.2, 0.25) is 0 Å². The van der Waals surface area contributed by atoms with Crippen molar-refractivity contribution in [2.24, 2.45) is 5.41 Å². The van der Waals surface area contributed by atoms with Gasteiger partial charge in [0.1, 0.15) is 5.75 Å². The van der Waals surface area contributed by atoms with E-state index in [1.807, 2.05) is 56.3 Å². The molecule has 192 valence electrons. The highest BCUT2D eigenvalue weighted by Crippen LogP contribution is 2.32. The summed E-state index contributed by atoms with van der Waals surface area (Å²) in [6, 6.07) is 17.4. The van der Waals surface area contributed by atoms with E-state index >= 15 is 0 Å². The summed E-state index contributed by atoms with van der Waals surface area (Å²) in [6.07, 6.45) is 12.9. The first-order valence-corrected chi connectivity index (χ1v) is 13.6. The fourth-order valence-corrected chi connectivity index (χ4v) is 4.35. The van der Waals surface area contributed by atoms with Crippen LogP contribution >= 0.6 is 0 Å². The third kappa shape index (κ3) is 9.16. The van der Waals surface area contributed by atoms with Gasteiger partial charge in [0.15, 0.2) is 5.41 Å². The van der Waals surface area contributed by atoms with Crippen molar-refractivity contribution in [3.8, 4) is 16.9 Å². The number of esters is 2. The summed E-state index contributed by atoms with van der Waals surface area (Å²) in [7, 11) is 0. The molecule has 0 spiro atoms. The number of carbonyl (C=O) groups excluding carboxylic acids is 2. The maximum atomic E-state index is 13.1. The largest absolute Gasteiger partial charge is 0.465 e. The Morgan fingerprint density at radius 2 is 1.14 bits per heavy atom. The zero-order valence-electron chi connectivity index (χ0n) is 22.0. The molecule has 0 amide bonds. The molecule has 0 saturated heterocycles. The highest BCUT2D eigenvalue weighted by atomic mass is 16.6. The highest BCUT2D eigenvalue weighted by molar-refractivity contribution is 6.00. The predicted octanol–water partition coefficient (Wildman–Crippen LogP) is 8.53. The Labute approximate surface area is 212 Å². The van der Waals surface area contributed by atoms with Crippen molar-refractivity contribution in [2.75, 3.05) is 6.61 Å². The van der Waals surface area contributed by atoms with Gasteiger partial charge in [0, 0.05) is 0 Å². The van der Waals surface area contributed by atoms with Crippen LogP contribution in [-0.4, -0.2) is 18.5 Å². The van der Waals surface area contributed by atoms with Crippen molar-refractivity contribution >= 4 is 11.9 Å². The molecule has 0 aliphatic carbocycles. The second-order valence-corrected chi connectivity index (χ2v) is 9.39. The molecule has 0 bridgehead atoms. The molecule has 0 unspecified atom stereocenters. The molecule has 0 saturated carbocycles. The van der Waals surface area contributed by atoms with Crippen molar-refractivity contribution in [3.05, 3.63) is 54.6 Å². The molecule has 2 aromatic carbocycles. The minimum atomic E-state index is -1.27. The molecule has 4 nitrogen and oxygen atoms in total. The lowest BCUT2D eigenvalue weighted by Gasteiger charge is -2.26. The summed E-state index contributed by atoms with van der Waals surface area (Å²) in [4.78, 5) is 26.0. The van der Waals surface area contributed by atoms with Gasteiger partial charge >= 0.3 is 11.9 Å². The molecular formula is C31H44O4. The Balaban J connectivity index is 1.78. The average molecular weight is 481 g/mol. The summed E-state index contributed by atoms with van der Waals surface area (Å²) in [5.74, 6) is -0.573. The van der Waals surface area contributed by atoms with Gasteiger partial charge in [-0.3, -0.25) is 9.59 Å². The minimum absolute atomic E-state index is 0.349. The molecule has 0 aliphatic heterocycles. The van der Waals surface area contributed by atoms with Crippen LogP contribution in [0.3, 0.4) is 0 Å². The van der Waals surface area contributed by atoms with Crippen LogP contribution in [-0.2, 0) is 14.3 Å². The van der Waals surface area contributed by atoms with Gasteiger partial charge < -0.3 is 9.47 Å². The van der Waals surface area contributed by atoms with E-state index in [9.17, 15) is 9.59 Å². The minimum Gasteiger partial charge on any atom is -0.465 e. The summed E-state index contributed by atoms with van der Waals surface area (Å²) in [6.45, 7) is 6.28. The van der Waals surface area contributed by atoms with Gasteiger partial charge in [-0.2, -0.15) is 0 Å². The molecule has 2 aromatic rings. The van der Waals surface area contributed by atoms with Gasteiger partial charge in [0.05, 0.1) is 6.61 Å². The van der Waals surface area contributed by atoms with Gasteiger partial charge in [-0.25, -0.2) is 0 Å². The molecule has 35 heavy (non-hydrogen) atoms. The molecule has 4 heteroatoms. The quantitative estimate of drug-likeness (QED) is 0.0985. The van der Waals surface area contributed by atoms with Crippen LogP contribution in [0.1, 0.15) is 97.8 Å². The fourth-order valence-electron chi connectivity index (χ4n) is 4.35. The van der Waals surface area contributed by atoms with Crippen LogP contribution in [0, 0.1) is 5.41 Å². The summed E-state index contributed by atoms with van der Waals surface area (Å²) < 4.78 is 11.2. The van der Waals surface area contributed by atoms with E-state index in [1.165, 1.54) is 51.4 Å². The number of ether oxygens (including phenoxy) is 2. The maximum absolute atomic E-state index is 13.1. The van der Waals surface area contributed by atoms with Gasteiger partial charge in [-0.05, 0) is 42.5 Å². The normalized spacial score (nSPS) is 11.3. The molecular weight excluding hydrogens is 436 g/mol. The number of benzene rings is 2. The molecule has 0 aromatic heterocycles. The van der Waals surface area contributed by atoms with E-state index in [0.29, 0.717) is 25.2 Å². The second-order valence-electron chi connectivity index (χ2n) is 9.39. The molecule has 0 radical (unpaired) electrons. The maximum Gasteiger partial charge on any atom is 0.328 e. The summed E-state index contributed by atoms with van der Waals surface area (Å²) in [5.41, 5.74) is 0.868. The lowest BCUT2D eigenvalue weighted by Crippen LogP contribution is -2.42. The standard InChI is InChI=1S/C31H44O4/c1-4-7-8-9-10-11-12-13-14-18-25-34-29(32)31(5-2,6-3)30(33)35-28-23-21-27(22-24-28)26-19-16-15-17-20-26/h15-17,19-24H,4-14,18,25H2,1-3H3. The van der Waals surface area contributed by atoms with Gasteiger partial charge in [-0.1, -0.05) is 121 Å². The van der Waals surface area contributed by atoms with Crippen LogP contribution in [0.2, 0.25) is 0 Å². The average Bonchev–Trinajstić information content (AvgIpc) is 2.89. The van der Waals surface area contributed by atoms with E-state index in [4.69, 9.17) is 9.47 Å². The zero-order valence-corrected chi connectivity index (χ0v) is 22.0. The zero-order chi connectivity index (χ0) is 25.4. The smallest absolute Gasteiger partial charge is 0.328 e. The number of unbranched alkanes of at least 4 members (excludes halogenated alkanes) is 9. The highest BCUT2D eigenvalue weighted by Gasteiger charge is 2.46. The van der Waals surface area contributed by atoms with Crippen LogP contribution in [0.5, 0.6) is 5.75 Å². The number of carbonyl (C=O) groups is 2. The first kappa shape index (κ1) is 28.6. The fraction of sp³-hybridized carbons (Fsp3) is 0.548. The van der Waals surface area contributed by atoms with Crippen molar-refractivity contribution in [1.29, 1.82) is 0 Å². The van der Waals surface area contributed by atoms with Crippen molar-refractivity contribution in [1.82, 2.24) is 0 Å². The first-order valence-electron chi connectivity index (χ1n) is 13.6. The molecule has 2 rings (SSSR count). The van der Waals surface area contributed by atoms with Gasteiger partial charge in [0.25, 0.3) is 0 Å². The molecule has 0 N–H and O–H groups in total. The lowest BCUT2D eigenvalue weighted by atomic mass is 9.82. The summed E-state index contributed by atoms with van der Waals surface area (Å²) >= 11 is 0. The van der Waals surface area contributed by atoms with E-state index < -0.39 is 17.4 Å². The predicted molar refractivity (Wildman–Crippen MR) is 143 cm³/mol. The number of hydrogen-bond donors (Lipinski definition) is 0. The molecule has 0 aliphatic rings. The van der Waals surface area contributed by atoms with Crippen LogP contribution in [0.25, 0.3) is 11.1 Å². The SMILES string of the molecule is CCCCCCCCCCCCOC(=O)C(CC)(CC)C(=O)Oc1ccc(-c2ccccc2)cc1. The second kappa shape index (κ2) is 16.1. The van der Waals surface area contributed by atoms with Crippen molar-refractivity contribution in [2.45, 2.75) is 97.8 Å². The monoisotopic (exact) mass is 480 g/mol. The Morgan fingerprint density at radius 1 is 0.629 bits per heavy atom. The third-order valence-electron chi connectivity index (χ3n) is 6.89. The Morgan fingerprint density at radius 3 is 1.69 bits per heavy atom. The van der Waals surface area contributed by atoms with Crippen LogP contribution < -0.4 is 4.74 Å². The number of rotatable bonds is 17. The van der Waals surface area contributed by atoms with E-state index in [1.54, 1.807) is 12.1 Å². The molecule has 0 atom stereocenters. The van der Waals surface area contributed by atoms with Crippen molar-refractivity contribution < 1.29 is 19.1 Å². The molecule has 0 heterocycles. The van der Waals surface area contributed by atoms with Gasteiger partial charge in [-0.15, -0.1) is 0 Å². The first-order chi connectivity index (χ1) is 17.1. The van der Waals surface area contributed by atoms with E-state index in [-0.39, 0.29) is 0 Å².